The van der Waals surface area contributed by atoms with Gasteiger partial charge in [0, 0.05) is 0 Å². The summed E-state index contributed by atoms with van der Waals surface area (Å²) in [6, 6.07) is 0.000579. The zero-order valence-corrected chi connectivity index (χ0v) is 7.54. The Hall–Kier alpha value is 0.330. The van der Waals surface area contributed by atoms with Gasteiger partial charge in [-0.05, 0) is 0 Å². The predicted molar refractivity (Wildman–Crippen MR) is 41.6 cm³/mol. The van der Waals surface area contributed by atoms with E-state index in [1.165, 1.54) is 0 Å². The zero-order valence-electron chi connectivity index (χ0n) is 4.38. The summed E-state index contributed by atoms with van der Waals surface area (Å²) in [6.07, 6.45) is -1.02. The van der Waals surface area contributed by atoms with Crippen LogP contribution in [0.5, 0.6) is 0 Å². The molecule has 0 bridgehead atoms. The number of halogens is 3. The lowest BCUT2D eigenvalue weighted by atomic mass is 10.9. The van der Waals surface area contributed by atoms with E-state index in [2.05, 4.69) is 15.9 Å². The smallest absolute Gasteiger partial charge is 0.408 e. The van der Waals surface area contributed by atoms with E-state index in [1.807, 2.05) is 0 Å². The van der Waals surface area contributed by atoms with Gasteiger partial charge in [-0.2, -0.15) is 0 Å². The maximum atomic E-state index is 9.97. The first-order valence-corrected chi connectivity index (χ1v) is 3.47. The van der Waals surface area contributed by atoms with Crippen LogP contribution in [0.2, 0.25) is 0 Å². The van der Waals surface area contributed by atoms with Gasteiger partial charge >= 0.3 is 6.09 Å². The molecule has 56 valence electrons. The van der Waals surface area contributed by atoms with Gasteiger partial charge in [-0.15, -0.1) is 24.0 Å². The van der Waals surface area contributed by atoms with Gasteiger partial charge in [0.2, 0.25) is 0 Å². The lowest BCUT2D eigenvalue weighted by Gasteiger charge is -2.09. The number of amides is 1. The Morgan fingerprint density at radius 1 is 1.78 bits per heavy atom. The molecule has 0 unspecified atom stereocenters. The van der Waals surface area contributed by atoms with Gasteiger partial charge in [0.05, 0.1) is 11.5 Å². The standard InChI is InChI=1S/C3H5BrClNO2.ClH/c4-1-6(2-5)3(7)8;/h1-2H2,(H,7,8);1H. The van der Waals surface area contributed by atoms with Crippen LogP contribution in [0.4, 0.5) is 4.79 Å². The van der Waals surface area contributed by atoms with Crippen molar-refractivity contribution in [2.75, 3.05) is 11.5 Å². The van der Waals surface area contributed by atoms with Crippen molar-refractivity contribution in [1.29, 1.82) is 0 Å². The summed E-state index contributed by atoms with van der Waals surface area (Å²) >= 11 is 8.11. The van der Waals surface area contributed by atoms with Crippen LogP contribution in [0.3, 0.4) is 0 Å². The third-order valence-corrected chi connectivity index (χ3v) is 1.45. The van der Waals surface area contributed by atoms with Crippen molar-refractivity contribution in [3.05, 3.63) is 0 Å². The molecule has 0 aromatic heterocycles. The largest absolute Gasteiger partial charge is 0.465 e. The molecule has 0 atom stereocenters. The minimum Gasteiger partial charge on any atom is -0.465 e. The minimum absolute atomic E-state index is 0. The van der Waals surface area contributed by atoms with Crippen LogP contribution >= 0.6 is 39.9 Å². The van der Waals surface area contributed by atoms with E-state index in [-0.39, 0.29) is 23.9 Å². The molecule has 0 aromatic rings. The third-order valence-electron chi connectivity index (χ3n) is 0.559. The fourth-order valence-electron chi connectivity index (χ4n) is 0.134. The van der Waals surface area contributed by atoms with Crippen LogP contribution < -0.4 is 0 Å². The summed E-state index contributed by atoms with van der Waals surface area (Å²) in [5.41, 5.74) is 0.256. The molecule has 0 heterocycles. The van der Waals surface area contributed by atoms with Crippen LogP contribution in [-0.4, -0.2) is 27.6 Å². The molecule has 3 nitrogen and oxygen atoms in total. The van der Waals surface area contributed by atoms with Crippen molar-refractivity contribution in [2.24, 2.45) is 0 Å². The second kappa shape index (κ2) is 6.45. The highest BCUT2D eigenvalue weighted by Gasteiger charge is 2.05. The van der Waals surface area contributed by atoms with Gasteiger partial charge in [0.15, 0.2) is 0 Å². The Kier molecular flexibility index (Phi) is 8.64. The highest BCUT2D eigenvalue weighted by molar-refractivity contribution is 9.09. The molecule has 0 aromatic carbocycles. The average Bonchev–Trinajstić information content (AvgIpc) is 1.69. The number of carbonyl (C=O) groups is 1. The molecule has 0 spiro atoms. The van der Waals surface area contributed by atoms with Crippen molar-refractivity contribution >= 4 is 46.0 Å². The molecule has 0 radical (unpaired) electrons. The molecule has 0 saturated carbocycles. The van der Waals surface area contributed by atoms with Crippen LogP contribution in [0.1, 0.15) is 0 Å². The Bertz CT molecular complexity index is 87.9. The summed E-state index contributed by atoms with van der Waals surface area (Å²) in [5, 5.41) is 8.18. The van der Waals surface area contributed by atoms with E-state index < -0.39 is 6.09 Å². The molecule has 0 saturated heterocycles. The summed E-state index contributed by atoms with van der Waals surface area (Å²) in [6.45, 7) is 0. The highest BCUT2D eigenvalue weighted by atomic mass is 79.9. The van der Waals surface area contributed by atoms with E-state index in [1.54, 1.807) is 0 Å². The summed E-state index contributed by atoms with van der Waals surface area (Å²) in [4.78, 5) is 11.0. The minimum atomic E-state index is -1.02. The van der Waals surface area contributed by atoms with Crippen molar-refractivity contribution in [1.82, 2.24) is 4.90 Å². The molecule has 6 heteroatoms. The van der Waals surface area contributed by atoms with Gasteiger partial charge in [0.25, 0.3) is 0 Å². The van der Waals surface area contributed by atoms with Crippen molar-refractivity contribution in [2.45, 2.75) is 0 Å². The zero-order chi connectivity index (χ0) is 6.57. The second-order valence-electron chi connectivity index (χ2n) is 1.06. The number of hydrogen-bond donors (Lipinski definition) is 1. The quantitative estimate of drug-likeness (QED) is 0.590. The molecule has 0 rings (SSSR count). The van der Waals surface area contributed by atoms with E-state index in [0.717, 1.165) is 4.90 Å². The van der Waals surface area contributed by atoms with Crippen molar-refractivity contribution in [3.8, 4) is 0 Å². The number of alkyl halides is 2. The van der Waals surface area contributed by atoms with Gasteiger partial charge in [-0.3, -0.25) is 4.90 Å². The topological polar surface area (TPSA) is 40.5 Å². The molecule has 0 aliphatic heterocycles. The predicted octanol–water partition coefficient (Wildman–Crippen LogP) is 1.94. The van der Waals surface area contributed by atoms with Gasteiger partial charge in [-0.25, -0.2) is 4.79 Å². The molecule has 0 fully saturated rings. The molecular formula is C3H6BrCl2NO2. The van der Waals surface area contributed by atoms with Crippen LogP contribution in [-0.2, 0) is 0 Å². The van der Waals surface area contributed by atoms with Crippen LogP contribution in [0.15, 0.2) is 0 Å². The molecular weight excluding hydrogens is 233 g/mol. The first kappa shape index (κ1) is 12.0. The fourth-order valence-corrected chi connectivity index (χ4v) is 0.917. The van der Waals surface area contributed by atoms with Gasteiger partial charge < -0.3 is 5.11 Å². The Balaban J connectivity index is 0. The third kappa shape index (κ3) is 4.81. The summed E-state index contributed by atoms with van der Waals surface area (Å²) in [7, 11) is 0. The Morgan fingerprint density at radius 2 is 2.22 bits per heavy atom. The van der Waals surface area contributed by atoms with Crippen molar-refractivity contribution < 1.29 is 9.90 Å². The van der Waals surface area contributed by atoms with Gasteiger partial charge in [-0.1, -0.05) is 15.9 Å². The lowest BCUT2D eigenvalue weighted by Crippen LogP contribution is -2.26. The van der Waals surface area contributed by atoms with Crippen molar-refractivity contribution in [3.63, 3.8) is 0 Å². The first-order valence-electron chi connectivity index (χ1n) is 1.82. The number of carboxylic acid groups (broad SMARTS) is 1. The maximum Gasteiger partial charge on any atom is 0.408 e. The average molecular weight is 239 g/mol. The SMILES string of the molecule is Cl.O=C(O)N(CCl)CBr. The maximum absolute atomic E-state index is 9.97. The number of nitrogens with zero attached hydrogens (tertiary/aromatic N) is 1. The fraction of sp³-hybridized carbons (Fsp3) is 0.667. The van der Waals surface area contributed by atoms with Crippen LogP contribution in [0, 0.1) is 0 Å². The number of hydrogen-bond acceptors (Lipinski definition) is 1. The molecule has 1 N–H and O–H groups in total. The normalized spacial score (nSPS) is 7.78. The van der Waals surface area contributed by atoms with Gasteiger partial charge in [0.1, 0.15) is 0 Å². The number of rotatable bonds is 2. The molecule has 1 amide bonds. The van der Waals surface area contributed by atoms with E-state index in [0.29, 0.717) is 0 Å². The first-order chi connectivity index (χ1) is 3.72. The molecule has 0 aliphatic carbocycles. The monoisotopic (exact) mass is 237 g/mol. The van der Waals surface area contributed by atoms with E-state index in [4.69, 9.17) is 16.7 Å². The lowest BCUT2D eigenvalue weighted by molar-refractivity contribution is 0.161. The molecule has 0 aliphatic rings. The Labute approximate surface area is 72.5 Å². The van der Waals surface area contributed by atoms with E-state index in [9.17, 15) is 4.79 Å². The van der Waals surface area contributed by atoms with Crippen LogP contribution in [0.25, 0.3) is 0 Å². The summed E-state index contributed by atoms with van der Waals surface area (Å²) < 4.78 is 0. The Morgan fingerprint density at radius 3 is 2.22 bits per heavy atom. The van der Waals surface area contributed by atoms with E-state index >= 15 is 0 Å². The second-order valence-corrected chi connectivity index (χ2v) is 1.80. The molecule has 9 heavy (non-hydrogen) atoms. The summed E-state index contributed by atoms with van der Waals surface area (Å²) in [5.74, 6) is 0. The highest BCUT2D eigenvalue weighted by Crippen LogP contribution is 1.94.